The van der Waals surface area contributed by atoms with E-state index in [0.717, 1.165) is 36.4 Å². The minimum atomic E-state index is -0.861. The van der Waals surface area contributed by atoms with Crippen molar-refractivity contribution < 1.29 is 14.9 Å². The van der Waals surface area contributed by atoms with Crippen molar-refractivity contribution in [2.45, 2.75) is 50.2 Å². The quantitative estimate of drug-likeness (QED) is 0.831. The van der Waals surface area contributed by atoms with Crippen LogP contribution >= 0.6 is 0 Å². The molecule has 2 N–H and O–H groups in total. The number of ether oxygens (including phenoxy) is 1. The van der Waals surface area contributed by atoms with Crippen LogP contribution in [-0.2, 0) is 18.4 Å². The molecule has 1 aliphatic carbocycles. The van der Waals surface area contributed by atoms with Crippen molar-refractivity contribution in [1.82, 2.24) is 4.90 Å². The number of aliphatic hydroxyl groups excluding tert-OH is 1. The van der Waals surface area contributed by atoms with Crippen molar-refractivity contribution in [3.05, 3.63) is 64.7 Å². The molecular formula is C24H31NO3. The maximum atomic E-state index is 11.2. The molecule has 0 unspecified atom stereocenters. The molecule has 0 spiro atoms. The maximum Gasteiger partial charge on any atom is 0.124 e. The molecule has 1 aliphatic heterocycles. The van der Waals surface area contributed by atoms with Gasteiger partial charge in [-0.2, -0.15) is 0 Å². The van der Waals surface area contributed by atoms with Crippen molar-refractivity contribution in [1.29, 1.82) is 0 Å². The minimum Gasteiger partial charge on any atom is -0.496 e. The smallest absolute Gasteiger partial charge is 0.124 e. The molecule has 2 aromatic carbocycles. The summed E-state index contributed by atoms with van der Waals surface area (Å²) in [6.45, 7) is 2.13. The van der Waals surface area contributed by atoms with Crippen LogP contribution in [0.2, 0.25) is 0 Å². The van der Waals surface area contributed by atoms with Crippen LogP contribution in [0.1, 0.15) is 54.0 Å². The summed E-state index contributed by atoms with van der Waals surface area (Å²) in [7, 11) is 1.65. The largest absolute Gasteiger partial charge is 0.496 e. The van der Waals surface area contributed by atoms with Gasteiger partial charge in [-0.1, -0.05) is 36.4 Å². The standard InChI is InChI=1S/C24H31NO3/c1-28-23-9-5-4-8-21(23)24(27)12-14-25(15-13-24)17-22(26)20-11-10-18-6-2-3-7-19(18)16-20/h4-5,8-11,16,22,26-27H,2-3,6-7,12-15,17H2,1H3/t22-/m1/s1. The van der Waals surface area contributed by atoms with Gasteiger partial charge in [0.25, 0.3) is 0 Å². The Morgan fingerprint density at radius 3 is 2.50 bits per heavy atom. The summed E-state index contributed by atoms with van der Waals surface area (Å²) >= 11 is 0. The first kappa shape index (κ1) is 19.4. The number of likely N-dealkylation sites (tertiary alicyclic amines) is 1. The van der Waals surface area contributed by atoms with E-state index >= 15 is 0 Å². The van der Waals surface area contributed by atoms with Gasteiger partial charge in [-0.25, -0.2) is 0 Å². The molecule has 4 heteroatoms. The van der Waals surface area contributed by atoms with E-state index in [-0.39, 0.29) is 0 Å². The summed E-state index contributed by atoms with van der Waals surface area (Å²) in [5.74, 6) is 0.743. The zero-order chi connectivity index (χ0) is 19.6. The van der Waals surface area contributed by atoms with Crippen LogP contribution in [-0.4, -0.2) is 41.9 Å². The number of methoxy groups -OCH3 is 1. The second kappa shape index (κ2) is 8.24. The molecule has 28 heavy (non-hydrogen) atoms. The number of benzene rings is 2. The van der Waals surface area contributed by atoms with Crippen molar-refractivity contribution in [3.63, 3.8) is 0 Å². The Labute approximate surface area is 167 Å². The van der Waals surface area contributed by atoms with Crippen LogP contribution in [0.15, 0.2) is 42.5 Å². The average Bonchev–Trinajstić information content (AvgIpc) is 2.75. The second-order valence-corrected chi connectivity index (χ2v) is 8.28. The van der Waals surface area contributed by atoms with Crippen molar-refractivity contribution >= 4 is 0 Å². The van der Waals surface area contributed by atoms with E-state index in [4.69, 9.17) is 4.74 Å². The number of aliphatic hydroxyl groups is 2. The molecule has 1 saturated heterocycles. The molecule has 4 nitrogen and oxygen atoms in total. The van der Waals surface area contributed by atoms with E-state index in [1.165, 1.54) is 30.4 Å². The number of hydrogen-bond donors (Lipinski definition) is 2. The van der Waals surface area contributed by atoms with Crippen LogP contribution in [0, 0.1) is 0 Å². The predicted octanol–water partition coefficient (Wildman–Crippen LogP) is 3.59. The van der Waals surface area contributed by atoms with Gasteiger partial charge in [0.05, 0.1) is 18.8 Å². The lowest BCUT2D eigenvalue weighted by atomic mass is 9.83. The number of β-amino-alcohol motifs (C(OH)–C–C–N with tert-alkyl or cyclic N) is 1. The molecule has 0 amide bonds. The van der Waals surface area contributed by atoms with Gasteiger partial charge < -0.3 is 19.8 Å². The molecule has 2 aliphatic rings. The van der Waals surface area contributed by atoms with Crippen molar-refractivity contribution in [2.75, 3.05) is 26.7 Å². The molecule has 4 rings (SSSR count). The number of rotatable bonds is 5. The first-order valence-corrected chi connectivity index (χ1v) is 10.5. The van der Waals surface area contributed by atoms with Crippen LogP contribution in [0.25, 0.3) is 0 Å². The summed E-state index contributed by atoms with van der Waals surface area (Å²) < 4.78 is 5.44. The van der Waals surface area contributed by atoms with Crippen LogP contribution in [0.3, 0.4) is 0 Å². The topological polar surface area (TPSA) is 52.9 Å². The van der Waals surface area contributed by atoms with Gasteiger partial charge in [-0.3, -0.25) is 0 Å². The van der Waals surface area contributed by atoms with Crippen LogP contribution < -0.4 is 4.74 Å². The number of piperidine rings is 1. The predicted molar refractivity (Wildman–Crippen MR) is 111 cm³/mol. The van der Waals surface area contributed by atoms with Crippen molar-refractivity contribution in [2.24, 2.45) is 0 Å². The van der Waals surface area contributed by atoms with Crippen molar-refractivity contribution in [3.8, 4) is 5.75 Å². The van der Waals surface area contributed by atoms with E-state index < -0.39 is 11.7 Å². The number of fused-ring (bicyclic) bond motifs is 1. The first-order chi connectivity index (χ1) is 13.6. The van der Waals surface area contributed by atoms with Gasteiger partial charge in [-0.15, -0.1) is 0 Å². The third kappa shape index (κ3) is 3.95. The molecule has 150 valence electrons. The molecule has 1 fully saturated rings. The van der Waals surface area contributed by atoms with Gasteiger partial charge in [0, 0.05) is 25.2 Å². The summed E-state index contributed by atoms with van der Waals surface area (Å²) in [5, 5.41) is 22.0. The molecule has 2 aromatic rings. The normalized spacial score (nSPS) is 20.4. The summed E-state index contributed by atoms with van der Waals surface area (Å²) in [5.41, 5.74) is 3.88. The molecule has 1 atom stereocenters. The van der Waals surface area contributed by atoms with Gasteiger partial charge in [0.2, 0.25) is 0 Å². The van der Waals surface area contributed by atoms with E-state index in [1.54, 1.807) is 7.11 Å². The minimum absolute atomic E-state index is 0.482. The molecular weight excluding hydrogens is 350 g/mol. The highest BCUT2D eigenvalue weighted by Crippen LogP contribution is 2.38. The molecule has 0 saturated carbocycles. The molecule has 0 radical (unpaired) electrons. The highest BCUT2D eigenvalue weighted by atomic mass is 16.5. The Morgan fingerprint density at radius 1 is 1.04 bits per heavy atom. The Hall–Kier alpha value is -1.88. The Bertz CT molecular complexity index is 811. The highest BCUT2D eigenvalue weighted by Gasteiger charge is 2.36. The average molecular weight is 382 g/mol. The number of nitrogens with zero attached hydrogens (tertiary/aromatic N) is 1. The Balaban J connectivity index is 1.39. The zero-order valence-electron chi connectivity index (χ0n) is 16.7. The SMILES string of the molecule is COc1ccccc1C1(O)CCN(C[C@@H](O)c2ccc3c(c2)CCCC3)CC1. The second-order valence-electron chi connectivity index (χ2n) is 8.28. The van der Waals surface area contributed by atoms with E-state index in [2.05, 4.69) is 23.1 Å². The molecule has 1 heterocycles. The fraction of sp³-hybridized carbons (Fsp3) is 0.500. The number of para-hydroxylation sites is 1. The zero-order valence-corrected chi connectivity index (χ0v) is 16.7. The fourth-order valence-corrected chi connectivity index (χ4v) is 4.71. The van der Waals surface area contributed by atoms with Gasteiger partial charge >= 0.3 is 0 Å². The summed E-state index contributed by atoms with van der Waals surface area (Å²) in [6.07, 6.45) is 5.63. The first-order valence-electron chi connectivity index (χ1n) is 10.5. The van der Waals surface area contributed by atoms with Crippen LogP contribution in [0.5, 0.6) is 5.75 Å². The molecule has 0 aromatic heterocycles. The Morgan fingerprint density at radius 2 is 1.75 bits per heavy atom. The Kier molecular flexibility index (Phi) is 5.72. The van der Waals surface area contributed by atoms with Gasteiger partial charge in [0.15, 0.2) is 0 Å². The third-order valence-corrected chi connectivity index (χ3v) is 6.48. The lowest BCUT2D eigenvalue weighted by Gasteiger charge is -2.39. The third-order valence-electron chi connectivity index (χ3n) is 6.48. The van der Waals surface area contributed by atoms with E-state index in [0.29, 0.717) is 19.4 Å². The van der Waals surface area contributed by atoms with Gasteiger partial charge in [0.1, 0.15) is 5.75 Å². The number of aryl methyl sites for hydroxylation is 2. The maximum absolute atomic E-state index is 11.2. The van der Waals surface area contributed by atoms with Crippen LogP contribution in [0.4, 0.5) is 0 Å². The number of hydrogen-bond acceptors (Lipinski definition) is 4. The van der Waals surface area contributed by atoms with Gasteiger partial charge in [-0.05, 0) is 61.3 Å². The monoisotopic (exact) mass is 381 g/mol. The summed E-state index contributed by atoms with van der Waals surface area (Å²) in [6, 6.07) is 14.2. The highest BCUT2D eigenvalue weighted by molar-refractivity contribution is 5.38. The lowest BCUT2D eigenvalue weighted by molar-refractivity contribution is -0.0358. The lowest BCUT2D eigenvalue weighted by Crippen LogP contribution is -2.44. The summed E-state index contributed by atoms with van der Waals surface area (Å²) in [4.78, 5) is 2.26. The van der Waals surface area contributed by atoms with E-state index in [1.807, 2.05) is 24.3 Å². The fourth-order valence-electron chi connectivity index (χ4n) is 4.71. The van der Waals surface area contributed by atoms with E-state index in [9.17, 15) is 10.2 Å². The molecule has 0 bridgehead atoms.